The van der Waals surface area contributed by atoms with Crippen LogP contribution in [0.1, 0.15) is 10.4 Å². The van der Waals surface area contributed by atoms with Crippen molar-refractivity contribution in [3.8, 4) is 5.75 Å². The predicted octanol–water partition coefficient (Wildman–Crippen LogP) is 4.41. The Balaban J connectivity index is 2.30. The van der Waals surface area contributed by atoms with Crippen LogP contribution in [0.5, 0.6) is 5.75 Å². The van der Waals surface area contributed by atoms with Gasteiger partial charge in [-0.05, 0) is 40.2 Å². The molecule has 0 unspecified atom stereocenters. The summed E-state index contributed by atoms with van der Waals surface area (Å²) < 4.78 is 5.64. The molecule has 1 N–H and O–H groups in total. The monoisotopic (exact) mass is 374 g/mol. The molecule has 0 aliphatic rings. The topological polar surface area (TPSA) is 51.2 Å². The molecule has 4 nitrogen and oxygen atoms in total. The molecule has 0 radical (unpaired) electrons. The number of hydrogen-bond donors (Lipinski definition) is 1. The molecule has 1 amide bonds. The van der Waals surface area contributed by atoms with Crippen LogP contribution >= 0.6 is 39.1 Å². The molecule has 1 aromatic carbocycles. The fourth-order valence-electron chi connectivity index (χ4n) is 1.56. The lowest BCUT2D eigenvalue weighted by Crippen LogP contribution is -2.13. The summed E-state index contributed by atoms with van der Waals surface area (Å²) in [5.41, 5.74) is 0.780. The summed E-state index contributed by atoms with van der Waals surface area (Å²) in [6.45, 7) is 0. The van der Waals surface area contributed by atoms with Gasteiger partial charge in [-0.25, -0.2) is 4.98 Å². The SMILES string of the molecule is COc1cc(Cl)c(C(=O)Nc2ccnc(Br)c2)c(Cl)c1. The zero-order valence-corrected chi connectivity index (χ0v) is 13.4. The van der Waals surface area contributed by atoms with Crippen LogP contribution in [0.25, 0.3) is 0 Å². The average Bonchev–Trinajstić information content (AvgIpc) is 2.37. The van der Waals surface area contributed by atoms with E-state index in [1.807, 2.05) is 0 Å². The molecule has 2 rings (SSSR count). The summed E-state index contributed by atoms with van der Waals surface area (Å²) in [7, 11) is 1.50. The molecule has 0 atom stereocenters. The molecule has 0 fully saturated rings. The maximum absolute atomic E-state index is 12.2. The summed E-state index contributed by atoms with van der Waals surface area (Å²) in [4.78, 5) is 16.2. The van der Waals surface area contributed by atoms with Gasteiger partial charge in [-0.1, -0.05) is 23.2 Å². The summed E-state index contributed by atoms with van der Waals surface area (Å²) >= 11 is 15.3. The molecular weight excluding hydrogens is 367 g/mol. The largest absolute Gasteiger partial charge is 0.497 e. The van der Waals surface area contributed by atoms with E-state index in [1.54, 1.807) is 18.3 Å². The van der Waals surface area contributed by atoms with E-state index in [4.69, 9.17) is 27.9 Å². The number of methoxy groups -OCH3 is 1. The van der Waals surface area contributed by atoms with Gasteiger partial charge in [-0.15, -0.1) is 0 Å². The number of pyridine rings is 1. The van der Waals surface area contributed by atoms with E-state index in [9.17, 15) is 4.79 Å². The third-order valence-electron chi connectivity index (χ3n) is 2.46. The number of halogens is 3. The van der Waals surface area contributed by atoms with Gasteiger partial charge in [-0.3, -0.25) is 4.79 Å². The van der Waals surface area contributed by atoms with Gasteiger partial charge in [0.05, 0.1) is 22.7 Å². The summed E-state index contributed by atoms with van der Waals surface area (Å²) in [6, 6.07) is 6.40. The Hall–Kier alpha value is -1.30. The summed E-state index contributed by atoms with van der Waals surface area (Å²) in [5.74, 6) is 0.0870. The highest BCUT2D eigenvalue weighted by Crippen LogP contribution is 2.30. The van der Waals surface area contributed by atoms with Crippen LogP contribution in [0.3, 0.4) is 0 Å². The third kappa shape index (κ3) is 3.42. The zero-order chi connectivity index (χ0) is 14.7. The number of benzene rings is 1. The van der Waals surface area contributed by atoms with Crippen LogP contribution in [0.2, 0.25) is 10.0 Å². The van der Waals surface area contributed by atoms with E-state index in [0.29, 0.717) is 16.0 Å². The third-order valence-corrected chi connectivity index (χ3v) is 3.49. The fourth-order valence-corrected chi connectivity index (χ4v) is 2.56. The molecule has 0 saturated heterocycles. The number of carbonyl (C=O) groups is 1. The van der Waals surface area contributed by atoms with Crippen LogP contribution in [-0.4, -0.2) is 18.0 Å². The minimum Gasteiger partial charge on any atom is -0.497 e. The second-order valence-corrected chi connectivity index (χ2v) is 5.41. The molecule has 7 heteroatoms. The standard InChI is InChI=1S/C13H9BrCl2N2O2/c1-20-8-5-9(15)12(10(16)6-8)13(19)18-7-2-3-17-11(14)4-7/h2-6H,1H3,(H,17,18,19). The predicted molar refractivity (Wildman–Crippen MR) is 82.9 cm³/mol. The number of rotatable bonds is 3. The first-order valence-electron chi connectivity index (χ1n) is 5.47. The number of nitrogens with zero attached hydrogens (tertiary/aromatic N) is 1. The van der Waals surface area contributed by atoms with Crippen LogP contribution in [0.4, 0.5) is 5.69 Å². The highest BCUT2D eigenvalue weighted by atomic mass is 79.9. The first kappa shape index (κ1) is 15.1. The van der Waals surface area contributed by atoms with Crippen molar-refractivity contribution in [2.75, 3.05) is 12.4 Å². The normalized spacial score (nSPS) is 10.2. The second-order valence-electron chi connectivity index (χ2n) is 3.79. The Morgan fingerprint density at radius 3 is 2.50 bits per heavy atom. The van der Waals surface area contributed by atoms with Gasteiger partial charge in [0.15, 0.2) is 0 Å². The molecule has 0 saturated carbocycles. The van der Waals surface area contributed by atoms with Crippen molar-refractivity contribution in [3.63, 3.8) is 0 Å². The summed E-state index contributed by atoms with van der Waals surface area (Å²) in [6.07, 6.45) is 1.57. The number of carbonyl (C=O) groups excluding carboxylic acids is 1. The molecule has 2 aromatic rings. The minimum absolute atomic E-state index is 0.196. The zero-order valence-electron chi connectivity index (χ0n) is 10.3. The number of aromatic nitrogens is 1. The van der Waals surface area contributed by atoms with Crippen LogP contribution in [0.15, 0.2) is 35.1 Å². The molecule has 0 aliphatic carbocycles. The Morgan fingerprint density at radius 1 is 1.30 bits per heavy atom. The van der Waals surface area contributed by atoms with E-state index in [-0.39, 0.29) is 15.6 Å². The van der Waals surface area contributed by atoms with Crippen molar-refractivity contribution in [1.82, 2.24) is 4.98 Å². The Morgan fingerprint density at radius 2 is 1.95 bits per heavy atom. The molecule has 104 valence electrons. The highest BCUT2D eigenvalue weighted by molar-refractivity contribution is 9.10. The highest BCUT2D eigenvalue weighted by Gasteiger charge is 2.16. The first-order chi connectivity index (χ1) is 9.51. The van der Waals surface area contributed by atoms with E-state index in [1.165, 1.54) is 19.2 Å². The molecule has 0 aliphatic heterocycles. The Bertz CT molecular complexity index is 642. The Kier molecular flexibility index (Phi) is 4.86. The minimum atomic E-state index is -0.402. The van der Waals surface area contributed by atoms with E-state index in [0.717, 1.165) is 0 Å². The summed E-state index contributed by atoms with van der Waals surface area (Å²) in [5, 5.41) is 3.14. The number of ether oxygens (including phenoxy) is 1. The maximum atomic E-state index is 12.2. The van der Waals surface area contributed by atoms with E-state index >= 15 is 0 Å². The van der Waals surface area contributed by atoms with Gasteiger partial charge in [-0.2, -0.15) is 0 Å². The number of hydrogen-bond acceptors (Lipinski definition) is 3. The lowest BCUT2D eigenvalue weighted by atomic mass is 10.2. The van der Waals surface area contributed by atoms with E-state index in [2.05, 4.69) is 26.2 Å². The van der Waals surface area contributed by atoms with Gasteiger partial charge in [0, 0.05) is 11.9 Å². The van der Waals surface area contributed by atoms with Crippen molar-refractivity contribution < 1.29 is 9.53 Å². The van der Waals surface area contributed by atoms with Crippen LogP contribution < -0.4 is 10.1 Å². The smallest absolute Gasteiger partial charge is 0.258 e. The van der Waals surface area contributed by atoms with Crippen molar-refractivity contribution >= 4 is 50.7 Å². The molecular formula is C13H9BrCl2N2O2. The number of amides is 1. The molecule has 20 heavy (non-hydrogen) atoms. The van der Waals surface area contributed by atoms with Gasteiger partial charge in [0.2, 0.25) is 0 Å². The lowest BCUT2D eigenvalue weighted by Gasteiger charge is -2.10. The number of nitrogens with one attached hydrogen (secondary N) is 1. The van der Waals surface area contributed by atoms with Crippen molar-refractivity contribution in [2.24, 2.45) is 0 Å². The molecule has 1 heterocycles. The quantitative estimate of drug-likeness (QED) is 0.808. The number of anilines is 1. The van der Waals surface area contributed by atoms with Crippen LogP contribution in [0, 0.1) is 0 Å². The second kappa shape index (κ2) is 6.43. The Labute approximate surface area is 134 Å². The van der Waals surface area contributed by atoms with Crippen molar-refractivity contribution in [3.05, 3.63) is 50.7 Å². The van der Waals surface area contributed by atoms with Gasteiger partial charge in [0.25, 0.3) is 5.91 Å². The average molecular weight is 376 g/mol. The maximum Gasteiger partial charge on any atom is 0.258 e. The van der Waals surface area contributed by atoms with E-state index < -0.39 is 5.91 Å². The van der Waals surface area contributed by atoms with Gasteiger partial charge >= 0.3 is 0 Å². The van der Waals surface area contributed by atoms with Crippen molar-refractivity contribution in [1.29, 1.82) is 0 Å². The van der Waals surface area contributed by atoms with Crippen LogP contribution in [-0.2, 0) is 0 Å². The van der Waals surface area contributed by atoms with Gasteiger partial charge < -0.3 is 10.1 Å². The fraction of sp³-hybridized carbons (Fsp3) is 0.0769. The van der Waals surface area contributed by atoms with Gasteiger partial charge in [0.1, 0.15) is 10.4 Å². The molecule has 1 aromatic heterocycles. The molecule has 0 spiro atoms. The van der Waals surface area contributed by atoms with Crippen molar-refractivity contribution in [2.45, 2.75) is 0 Å². The molecule has 0 bridgehead atoms. The lowest BCUT2D eigenvalue weighted by molar-refractivity contribution is 0.102. The first-order valence-corrected chi connectivity index (χ1v) is 7.02.